The topological polar surface area (TPSA) is 60.9 Å². The lowest BCUT2D eigenvalue weighted by molar-refractivity contribution is -0.138. The molecule has 0 aromatic heterocycles. The van der Waals surface area contributed by atoms with Crippen LogP contribution in [0.2, 0.25) is 0 Å². The molecule has 0 spiro atoms. The Morgan fingerprint density at radius 2 is 1.95 bits per heavy atom. The van der Waals surface area contributed by atoms with Crippen molar-refractivity contribution in [1.82, 2.24) is 9.80 Å². The third kappa shape index (κ3) is 4.73. The van der Waals surface area contributed by atoms with Gasteiger partial charge in [0.05, 0.1) is 0 Å². The molecule has 1 rings (SSSR count). The van der Waals surface area contributed by atoms with Crippen molar-refractivity contribution < 1.29 is 19.1 Å². The first-order valence-electron chi connectivity index (χ1n) is 6.83. The number of carbonyl (C=O) groups is 2. The van der Waals surface area contributed by atoms with E-state index in [4.69, 9.17) is 5.11 Å². The van der Waals surface area contributed by atoms with Crippen LogP contribution in [-0.2, 0) is 11.3 Å². The van der Waals surface area contributed by atoms with Gasteiger partial charge in [0, 0.05) is 25.2 Å². The SMILES string of the molecule is CCC(C)N(CC(=O)O)C(=O)N(C)Cc1ccccc1F. The van der Waals surface area contributed by atoms with E-state index in [1.165, 1.54) is 22.9 Å². The van der Waals surface area contributed by atoms with E-state index in [2.05, 4.69) is 0 Å². The van der Waals surface area contributed by atoms with Gasteiger partial charge >= 0.3 is 12.0 Å². The molecule has 1 aromatic rings. The molecule has 6 heteroatoms. The molecule has 0 heterocycles. The summed E-state index contributed by atoms with van der Waals surface area (Å²) in [5.41, 5.74) is 0.396. The minimum absolute atomic E-state index is 0.0953. The molecule has 116 valence electrons. The third-order valence-corrected chi connectivity index (χ3v) is 3.37. The van der Waals surface area contributed by atoms with E-state index in [0.29, 0.717) is 12.0 Å². The zero-order chi connectivity index (χ0) is 16.0. The Bertz CT molecular complexity index is 507. The molecule has 0 aliphatic carbocycles. The molecule has 1 atom stereocenters. The van der Waals surface area contributed by atoms with Gasteiger partial charge in [-0.05, 0) is 19.4 Å². The molecule has 0 radical (unpaired) electrons. The minimum Gasteiger partial charge on any atom is -0.480 e. The summed E-state index contributed by atoms with van der Waals surface area (Å²) in [6, 6.07) is 5.59. The van der Waals surface area contributed by atoms with Crippen molar-refractivity contribution in [2.24, 2.45) is 0 Å². The highest BCUT2D eigenvalue weighted by Gasteiger charge is 2.24. The molecule has 1 aromatic carbocycles. The van der Waals surface area contributed by atoms with Crippen LogP contribution >= 0.6 is 0 Å². The van der Waals surface area contributed by atoms with Gasteiger partial charge in [-0.3, -0.25) is 4.79 Å². The van der Waals surface area contributed by atoms with Crippen molar-refractivity contribution in [1.29, 1.82) is 0 Å². The first-order valence-corrected chi connectivity index (χ1v) is 6.83. The standard InChI is InChI=1S/C15H21FN2O3/c1-4-11(2)18(10-14(19)20)15(21)17(3)9-12-7-5-6-8-13(12)16/h5-8,11H,4,9-10H2,1-3H3,(H,19,20). The molecular weight excluding hydrogens is 275 g/mol. The molecule has 0 aliphatic heterocycles. The maximum Gasteiger partial charge on any atom is 0.323 e. The fourth-order valence-electron chi connectivity index (χ4n) is 1.95. The van der Waals surface area contributed by atoms with Crippen molar-refractivity contribution in [2.45, 2.75) is 32.9 Å². The van der Waals surface area contributed by atoms with E-state index in [0.717, 1.165) is 0 Å². The fraction of sp³-hybridized carbons (Fsp3) is 0.467. The van der Waals surface area contributed by atoms with Crippen molar-refractivity contribution in [3.8, 4) is 0 Å². The lowest BCUT2D eigenvalue weighted by atomic mass is 10.2. The number of halogens is 1. The second-order valence-electron chi connectivity index (χ2n) is 5.01. The number of rotatable bonds is 6. The molecule has 2 amide bonds. The van der Waals surface area contributed by atoms with Crippen LogP contribution in [0.1, 0.15) is 25.8 Å². The van der Waals surface area contributed by atoms with E-state index in [-0.39, 0.29) is 24.9 Å². The highest BCUT2D eigenvalue weighted by Crippen LogP contribution is 2.12. The van der Waals surface area contributed by atoms with Crippen molar-refractivity contribution in [3.63, 3.8) is 0 Å². The van der Waals surface area contributed by atoms with E-state index in [1.54, 1.807) is 25.1 Å². The van der Waals surface area contributed by atoms with Crippen molar-refractivity contribution in [3.05, 3.63) is 35.6 Å². The first-order chi connectivity index (χ1) is 9.86. The normalized spacial score (nSPS) is 11.8. The van der Waals surface area contributed by atoms with Crippen LogP contribution in [0, 0.1) is 5.82 Å². The molecule has 0 bridgehead atoms. The molecule has 0 saturated heterocycles. The van der Waals surface area contributed by atoms with Crippen LogP contribution in [-0.4, -0.2) is 46.5 Å². The van der Waals surface area contributed by atoms with Crippen LogP contribution in [0.25, 0.3) is 0 Å². The summed E-state index contributed by atoms with van der Waals surface area (Å²) in [7, 11) is 1.53. The zero-order valence-electron chi connectivity index (χ0n) is 12.5. The number of aliphatic carboxylic acids is 1. The van der Waals surface area contributed by atoms with Crippen molar-refractivity contribution in [2.75, 3.05) is 13.6 Å². The summed E-state index contributed by atoms with van der Waals surface area (Å²) < 4.78 is 13.6. The smallest absolute Gasteiger partial charge is 0.323 e. The van der Waals surface area contributed by atoms with Crippen LogP contribution in [0.4, 0.5) is 9.18 Å². The number of carbonyl (C=O) groups excluding carboxylic acids is 1. The van der Waals surface area contributed by atoms with Gasteiger partial charge in [-0.1, -0.05) is 25.1 Å². The average molecular weight is 296 g/mol. The molecule has 21 heavy (non-hydrogen) atoms. The monoisotopic (exact) mass is 296 g/mol. The number of carboxylic acid groups (broad SMARTS) is 1. The lowest BCUT2D eigenvalue weighted by Gasteiger charge is -2.31. The van der Waals surface area contributed by atoms with Gasteiger partial charge < -0.3 is 14.9 Å². The summed E-state index contributed by atoms with van der Waals surface area (Å²) in [5, 5.41) is 8.92. The van der Waals surface area contributed by atoms with Gasteiger partial charge in [0.2, 0.25) is 0 Å². The molecule has 0 saturated carbocycles. The Balaban J connectivity index is 2.83. The molecule has 0 aliphatic rings. The van der Waals surface area contributed by atoms with Gasteiger partial charge in [0.1, 0.15) is 12.4 Å². The quantitative estimate of drug-likeness (QED) is 0.877. The van der Waals surface area contributed by atoms with Crippen LogP contribution in [0.5, 0.6) is 0 Å². The second kappa shape index (κ2) is 7.61. The Morgan fingerprint density at radius 1 is 1.33 bits per heavy atom. The lowest BCUT2D eigenvalue weighted by Crippen LogP contribution is -2.47. The maximum absolute atomic E-state index is 13.6. The molecule has 1 unspecified atom stereocenters. The number of amides is 2. The van der Waals surface area contributed by atoms with E-state index >= 15 is 0 Å². The largest absolute Gasteiger partial charge is 0.480 e. The van der Waals surface area contributed by atoms with Crippen LogP contribution in [0.3, 0.4) is 0 Å². The zero-order valence-corrected chi connectivity index (χ0v) is 12.5. The van der Waals surface area contributed by atoms with Gasteiger partial charge in [-0.15, -0.1) is 0 Å². The molecule has 5 nitrogen and oxygen atoms in total. The van der Waals surface area contributed by atoms with Gasteiger partial charge in [0.15, 0.2) is 0 Å². The van der Waals surface area contributed by atoms with E-state index in [9.17, 15) is 14.0 Å². The Hall–Kier alpha value is -2.11. The second-order valence-corrected chi connectivity index (χ2v) is 5.01. The summed E-state index contributed by atoms with van der Waals surface area (Å²) in [6.07, 6.45) is 0.645. The summed E-state index contributed by atoms with van der Waals surface area (Å²) in [5.74, 6) is -1.45. The number of urea groups is 1. The average Bonchev–Trinajstić information content (AvgIpc) is 2.45. The molecular formula is C15H21FN2O3. The molecule has 1 N–H and O–H groups in total. The molecule has 0 fully saturated rings. The number of carboxylic acids is 1. The maximum atomic E-state index is 13.6. The number of hydrogen-bond donors (Lipinski definition) is 1. The minimum atomic E-state index is -1.07. The first kappa shape index (κ1) is 16.9. The summed E-state index contributed by atoms with van der Waals surface area (Å²) in [6.45, 7) is 3.40. The van der Waals surface area contributed by atoms with E-state index in [1.807, 2.05) is 6.92 Å². The van der Waals surface area contributed by atoms with Crippen molar-refractivity contribution >= 4 is 12.0 Å². The van der Waals surface area contributed by atoms with E-state index < -0.39 is 12.0 Å². The summed E-state index contributed by atoms with van der Waals surface area (Å²) in [4.78, 5) is 25.9. The number of hydrogen-bond acceptors (Lipinski definition) is 2. The van der Waals surface area contributed by atoms with Gasteiger partial charge in [-0.25, -0.2) is 9.18 Å². The number of benzene rings is 1. The highest BCUT2D eigenvalue weighted by atomic mass is 19.1. The summed E-state index contributed by atoms with van der Waals surface area (Å²) >= 11 is 0. The predicted molar refractivity (Wildman–Crippen MR) is 77.4 cm³/mol. The van der Waals surface area contributed by atoms with Crippen LogP contribution < -0.4 is 0 Å². The fourth-order valence-corrected chi connectivity index (χ4v) is 1.95. The number of nitrogens with zero attached hydrogens (tertiary/aromatic N) is 2. The highest BCUT2D eigenvalue weighted by molar-refractivity contribution is 5.80. The van der Waals surface area contributed by atoms with Gasteiger partial charge in [-0.2, -0.15) is 0 Å². The third-order valence-electron chi connectivity index (χ3n) is 3.37. The van der Waals surface area contributed by atoms with Crippen LogP contribution in [0.15, 0.2) is 24.3 Å². The Labute approximate surface area is 124 Å². The van der Waals surface area contributed by atoms with Gasteiger partial charge in [0.25, 0.3) is 0 Å². The Kier molecular flexibility index (Phi) is 6.14. The Morgan fingerprint density at radius 3 is 2.48 bits per heavy atom. The predicted octanol–water partition coefficient (Wildman–Crippen LogP) is 2.56.